The van der Waals surface area contributed by atoms with Crippen LogP contribution in [0.2, 0.25) is 0 Å². The van der Waals surface area contributed by atoms with E-state index < -0.39 is 25.2 Å². The molecule has 1 aromatic rings. The molecule has 1 N–H and O–H groups in total. The molecule has 0 aliphatic carbocycles. The summed E-state index contributed by atoms with van der Waals surface area (Å²) in [7, 11) is -2.24. The van der Waals surface area contributed by atoms with Gasteiger partial charge in [-0.3, -0.25) is 23.5 Å². The van der Waals surface area contributed by atoms with Crippen LogP contribution in [0.4, 0.5) is 11.4 Å². The van der Waals surface area contributed by atoms with Crippen LogP contribution in [0.25, 0.3) is 0 Å². The Kier molecular flexibility index (Phi) is 8.86. The summed E-state index contributed by atoms with van der Waals surface area (Å²) in [6.45, 7) is 4.95. The molecule has 1 aromatic carbocycles. The molecule has 0 saturated heterocycles. The average molecular weight is 430 g/mol. The molecule has 0 saturated carbocycles. The van der Waals surface area contributed by atoms with E-state index in [-0.39, 0.29) is 24.6 Å². The fourth-order valence-corrected chi connectivity index (χ4v) is 4.59. The van der Waals surface area contributed by atoms with E-state index in [1.54, 1.807) is 4.90 Å². The smallest absolute Gasteiger partial charge is 0.335 e. The van der Waals surface area contributed by atoms with Crippen LogP contribution in [0.3, 0.4) is 0 Å². The number of anilines is 2. The monoisotopic (exact) mass is 430 g/mol. The minimum atomic E-state index is -3.51. The largest absolute Gasteiger partial charge is 0.438 e. The van der Waals surface area contributed by atoms with Gasteiger partial charge in [0, 0.05) is 26.7 Å². The standard InChI is InChI=1S/C19H31N2O7P/c1-4-7-14(8-5-2)19(24)27-13-28-29(25,26-3)12-11-21-10-6-9-20-15-16(21)18(23)17(15)22/h14,20H,4-13H2,1-3H3. The summed E-state index contributed by atoms with van der Waals surface area (Å²) in [5.41, 5.74) is -0.385. The van der Waals surface area contributed by atoms with Gasteiger partial charge in [0.05, 0.1) is 12.1 Å². The fraction of sp³-hybridized carbons (Fsp3) is 0.737. The Hall–Kier alpha value is -1.70. The number of carbonyl (C=O) groups excluding carboxylic acids is 1. The summed E-state index contributed by atoms with van der Waals surface area (Å²) in [6, 6.07) is 0. The van der Waals surface area contributed by atoms with Crippen molar-refractivity contribution in [3.05, 3.63) is 20.4 Å². The maximum atomic E-state index is 12.8. The van der Waals surface area contributed by atoms with Crippen LogP contribution in [0.15, 0.2) is 9.59 Å². The normalized spacial score (nSPS) is 16.2. The van der Waals surface area contributed by atoms with E-state index in [1.807, 2.05) is 13.8 Å². The Balaban J connectivity index is 1.89. The van der Waals surface area contributed by atoms with Gasteiger partial charge >= 0.3 is 13.6 Å². The number of rotatable bonds is 12. The van der Waals surface area contributed by atoms with Crippen LogP contribution in [0.1, 0.15) is 46.0 Å². The Morgan fingerprint density at radius 2 is 1.90 bits per heavy atom. The van der Waals surface area contributed by atoms with Crippen molar-refractivity contribution < 1.29 is 23.1 Å². The number of nitrogens with one attached hydrogen (secondary N) is 1. The Bertz CT molecular complexity index is 797. The number of carbonyl (C=O) groups is 1. The number of nitrogens with zero attached hydrogens (tertiary/aromatic N) is 1. The second-order valence-electron chi connectivity index (χ2n) is 7.15. The third-order valence-electron chi connectivity index (χ3n) is 5.09. The molecular weight excluding hydrogens is 399 g/mol. The second-order valence-corrected chi connectivity index (χ2v) is 9.44. The fourth-order valence-electron chi connectivity index (χ4n) is 3.48. The maximum absolute atomic E-state index is 12.8. The lowest BCUT2D eigenvalue weighted by atomic mass is 9.99. The van der Waals surface area contributed by atoms with E-state index in [4.69, 9.17) is 13.8 Å². The van der Waals surface area contributed by atoms with E-state index in [1.165, 1.54) is 7.11 Å². The van der Waals surface area contributed by atoms with E-state index in [0.29, 0.717) is 24.5 Å². The molecule has 1 atom stereocenters. The highest BCUT2D eigenvalue weighted by atomic mass is 31.2. The van der Waals surface area contributed by atoms with Crippen LogP contribution < -0.4 is 21.1 Å². The van der Waals surface area contributed by atoms with Crippen molar-refractivity contribution in [2.45, 2.75) is 46.0 Å². The summed E-state index contributed by atoms with van der Waals surface area (Å²) in [5, 5.41) is 2.96. The predicted molar refractivity (Wildman–Crippen MR) is 112 cm³/mol. The van der Waals surface area contributed by atoms with Crippen LogP contribution in [-0.4, -0.2) is 45.7 Å². The molecule has 1 aliphatic heterocycles. The molecule has 0 spiro atoms. The first kappa shape index (κ1) is 23.6. The minimum absolute atomic E-state index is 0.00660. The summed E-state index contributed by atoms with van der Waals surface area (Å²) in [5.74, 6) is -0.545. The van der Waals surface area contributed by atoms with Gasteiger partial charge in [0.25, 0.3) is 10.9 Å². The molecule has 1 heterocycles. The van der Waals surface area contributed by atoms with Gasteiger partial charge in [-0.1, -0.05) is 26.7 Å². The van der Waals surface area contributed by atoms with Gasteiger partial charge in [0.2, 0.25) is 6.79 Å². The van der Waals surface area contributed by atoms with Gasteiger partial charge in [-0.15, -0.1) is 0 Å². The lowest BCUT2D eigenvalue weighted by molar-refractivity contribution is -0.156. The van der Waals surface area contributed by atoms with Crippen LogP contribution >= 0.6 is 7.60 Å². The molecule has 10 heteroatoms. The lowest BCUT2D eigenvalue weighted by Crippen LogP contribution is -2.42. The molecule has 0 amide bonds. The first-order valence-corrected chi connectivity index (χ1v) is 11.9. The van der Waals surface area contributed by atoms with Crippen molar-refractivity contribution in [2.24, 2.45) is 5.92 Å². The van der Waals surface area contributed by atoms with Crippen molar-refractivity contribution in [3.63, 3.8) is 0 Å². The zero-order chi connectivity index (χ0) is 21.4. The van der Waals surface area contributed by atoms with Gasteiger partial charge in [-0.05, 0) is 19.3 Å². The maximum Gasteiger partial charge on any atom is 0.335 e. The Labute approximate surface area is 170 Å². The van der Waals surface area contributed by atoms with Crippen molar-refractivity contribution in [2.75, 3.05) is 49.9 Å². The SMILES string of the molecule is CCCC(CCC)C(=O)OCOP(=O)(CCN1CCCNc2c1c(=O)c2=O)OC. The quantitative estimate of drug-likeness (QED) is 0.231. The minimum Gasteiger partial charge on any atom is -0.438 e. The number of hydrogen-bond donors (Lipinski definition) is 1. The van der Waals surface area contributed by atoms with Gasteiger partial charge in [0.1, 0.15) is 11.4 Å². The molecule has 0 bridgehead atoms. The number of hydrogen-bond acceptors (Lipinski definition) is 9. The van der Waals surface area contributed by atoms with Crippen LogP contribution in [0.5, 0.6) is 0 Å². The molecule has 1 aliphatic rings. The van der Waals surface area contributed by atoms with Gasteiger partial charge in [-0.25, -0.2) is 0 Å². The molecule has 2 rings (SSSR count). The molecule has 0 radical (unpaired) electrons. The van der Waals surface area contributed by atoms with Crippen LogP contribution in [-0.2, 0) is 23.1 Å². The number of esters is 1. The first-order chi connectivity index (χ1) is 13.9. The lowest BCUT2D eigenvalue weighted by Gasteiger charge is -2.26. The van der Waals surface area contributed by atoms with Crippen molar-refractivity contribution in [3.8, 4) is 0 Å². The topological polar surface area (TPSA) is 111 Å². The van der Waals surface area contributed by atoms with Crippen molar-refractivity contribution in [1.82, 2.24) is 0 Å². The number of fused-ring (bicyclic) bond motifs is 1. The molecule has 29 heavy (non-hydrogen) atoms. The first-order valence-electron chi connectivity index (χ1n) is 10.1. The molecule has 164 valence electrons. The average Bonchev–Trinajstić information content (AvgIpc) is 2.91. The van der Waals surface area contributed by atoms with Gasteiger partial charge in [-0.2, -0.15) is 0 Å². The Morgan fingerprint density at radius 1 is 1.21 bits per heavy atom. The highest BCUT2D eigenvalue weighted by molar-refractivity contribution is 7.53. The zero-order valence-electron chi connectivity index (χ0n) is 17.4. The summed E-state index contributed by atoms with van der Waals surface area (Å²) >= 11 is 0. The van der Waals surface area contributed by atoms with E-state index in [0.717, 1.165) is 32.1 Å². The predicted octanol–water partition coefficient (Wildman–Crippen LogP) is 2.48. The van der Waals surface area contributed by atoms with E-state index in [9.17, 15) is 18.9 Å². The van der Waals surface area contributed by atoms with E-state index >= 15 is 0 Å². The molecular formula is C19H31N2O7P. The molecule has 0 fully saturated rings. The van der Waals surface area contributed by atoms with Crippen molar-refractivity contribution >= 4 is 24.9 Å². The summed E-state index contributed by atoms with van der Waals surface area (Å²) in [4.78, 5) is 37.5. The Morgan fingerprint density at radius 3 is 2.52 bits per heavy atom. The van der Waals surface area contributed by atoms with Crippen LogP contribution in [0, 0.1) is 5.92 Å². The third kappa shape index (κ3) is 5.90. The zero-order valence-corrected chi connectivity index (χ0v) is 18.3. The van der Waals surface area contributed by atoms with Gasteiger partial charge < -0.3 is 19.5 Å². The highest BCUT2D eigenvalue weighted by Gasteiger charge is 2.31. The second kappa shape index (κ2) is 10.9. The van der Waals surface area contributed by atoms with Gasteiger partial charge in [0.15, 0.2) is 0 Å². The van der Waals surface area contributed by atoms with E-state index in [2.05, 4.69) is 5.32 Å². The molecule has 0 aromatic heterocycles. The molecule has 1 unspecified atom stereocenters. The highest BCUT2D eigenvalue weighted by Crippen LogP contribution is 2.47. The summed E-state index contributed by atoms with van der Waals surface area (Å²) < 4.78 is 28.3. The number of ether oxygens (including phenoxy) is 1. The third-order valence-corrected chi connectivity index (χ3v) is 6.89. The molecule has 9 nitrogen and oxygen atoms in total. The summed E-state index contributed by atoms with van der Waals surface area (Å²) in [6.07, 6.45) is 3.97. The van der Waals surface area contributed by atoms with Crippen molar-refractivity contribution in [1.29, 1.82) is 0 Å².